The molecule has 4 heteroatoms. The van der Waals surface area contributed by atoms with E-state index < -0.39 is 0 Å². The lowest BCUT2D eigenvalue weighted by Crippen LogP contribution is -2.41. The van der Waals surface area contributed by atoms with E-state index in [4.69, 9.17) is 4.74 Å². The van der Waals surface area contributed by atoms with Gasteiger partial charge in [-0.2, -0.15) is 0 Å². The van der Waals surface area contributed by atoms with E-state index in [9.17, 15) is 4.79 Å². The van der Waals surface area contributed by atoms with E-state index in [1.54, 1.807) is 0 Å². The maximum atomic E-state index is 11.3. The third-order valence-electron chi connectivity index (χ3n) is 2.90. The molecular weight excluding hydrogens is 204 g/mol. The first-order chi connectivity index (χ1) is 7.52. The molecule has 0 radical (unpaired) electrons. The molecular formula is C12H26N2O2. The minimum Gasteiger partial charge on any atom is -0.465 e. The van der Waals surface area contributed by atoms with Gasteiger partial charge in [0.15, 0.2) is 0 Å². The van der Waals surface area contributed by atoms with Crippen LogP contribution in [0, 0.1) is 0 Å². The summed E-state index contributed by atoms with van der Waals surface area (Å²) < 4.78 is 4.91. The zero-order chi connectivity index (χ0) is 12.6. The molecule has 4 nitrogen and oxygen atoms in total. The molecule has 0 bridgehead atoms. The summed E-state index contributed by atoms with van der Waals surface area (Å²) in [6.45, 7) is 10.2. The van der Waals surface area contributed by atoms with Gasteiger partial charge >= 0.3 is 5.97 Å². The first kappa shape index (κ1) is 15.4. The predicted octanol–water partition coefficient (Wildman–Crippen LogP) is 1.26. The number of likely N-dealkylation sites (N-methyl/N-ethyl adjacent to an activating group) is 1. The summed E-state index contributed by atoms with van der Waals surface area (Å²) in [6, 6.07) is 0.366. The molecule has 0 rings (SSSR count). The van der Waals surface area contributed by atoms with Crippen LogP contribution >= 0.6 is 0 Å². The molecule has 0 aliphatic carbocycles. The van der Waals surface area contributed by atoms with Crippen molar-refractivity contribution in [3.05, 3.63) is 0 Å². The predicted molar refractivity (Wildman–Crippen MR) is 66.5 cm³/mol. The van der Waals surface area contributed by atoms with Gasteiger partial charge in [0.25, 0.3) is 0 Å². The van der Waals surface area contributed by atoms with Crippen molar-refractivity contribution in [2.75, 3.05) is 26.7 Å². The van der Waals surface area contributed by atoms with Gasteiger partial charge in [-0.1, -0.05) is 6.92 Å². The van der Waals surface area contributed by atoms with Gasteiger partial charge in [-0.15, -0.1) is 0 Å². The van der Waals surface area contributed by atoms with Gasteiger partial charge in [0.05, 0.1) is 6.61 Å². The zero-order valence-corrected chi connectivity index (χ0v) is 11.2. The lowest BCUT2D eigenvalue weighted by atomic mass is 10.2. The highest BCUT2D eigenvalue weighted by molar-refractivity contribution is 5.75. The largest absolute Gasteiger partial charge is 0.465 e. The quantitative estimate of drug-likeness (QED) is 0.637. The van der Waals surface area contributed by atoms with Crippen molar-refractivity contribution in [2.24, 2.45) is 0 Å². The van der Waals surface area contributed by atoms with E-state index >= 15 is 0 Å². The summed E-state index contributed by atoms with van der Waals surface area (Å²) >= 11 is 0. The molecule has 2 atom stereocenters. The Bertz CT molecular complexity index is 197. The van der Waals surface area contributed by atoms with Gasteiger partial charge in [-0.25, -0.2) is 0 Å². The van der Waals surface area contributed by atoms with Crippen LogP contribution in [0.15, 0.2) is 0 Å². The molecule has 1 N–H and O–H groups in total. The van der Waals surface area contributed by atoms with Crippen molar-refractivity contribution in [3.8, 4) is 0 Å². The van der Waals surface area contributed by atoms with Crippen LogP contribution in [0.25, 0.3) is 0 Å². The number of nitrogens with one attached hydrogen (secondary N) is 1. The van der Waals surface area contributed by atoms with Crippen LogP contribution in [0.2, 0.25) is 0 Å². The summed E-state index contributed by atoms with van der Waals surface area (Å²) in [6.07, 6.45) is 1.14. The van der Waals surface area contributed by atoms with Gasteiger partial charge in [-0.3, -0.25) is 4.79 Å². The summed E-state index contributed by atoms with van der Waals surface area (Å²) in [5.41, 5.74) is 0. The Morgan fingerprint density at radius 3 is 2.50 bits per heavy atom. The molecule has 16 heavy (non-hydrogen) atoms. The van der Waals surface area contributed by atoms with E-state index in [1.807, 2.05) is 13.8 Å². The molecule has 96 valence electrons. The number of carbonyl (C=O) groups is 1. The first-order valence-electron chi connectivity index (χ1n) is 6.13. The normalized spacial score (nSPS) is 14.9. The monoisotopic (exact) mass is 230 g/mol. The van der Waals surface area contributed by atoms with Gasteiger partial charge in [0, 0.05) is 19.1 Å². The molecule has 0 aromatic rings. The van der Waals surface area contributed by atoms with Crippen LogP contribution in [0.3, 0.4) is 0 Å². The minimum atomic E-state index is -0.217. The highest BCUT2D eigenvalue weighted by Gasteiger charge is 2.13. The Labute approximate surface area is 99.3 Å². The van der Waals surface area contributed by atoms with Crippen LogP contribution in [0.4, 0.5) is 0 Å². The van der Waals surface area contributed by atoms with Crippen LogP contribution in [0.1, 0.15) is 34.1 Å². The average Bonchev–Trinajstić information content (AvgIpc) is 2.27. The maximum Gasteiger partial charge on any atom is 0.322 e. The average molecular weight is 230 g/mol. The number of nitrogens with zero attached hydrogens (tertiary/aromatic N) is 1. The van der Waals surface area contributed by atoms with Gasteiger partial charge < -0.3 is 15.0 Å². The third kappa shape index (κ3) is 6.08. The second kappa shape index (κ2) is 8.53. The van der Waals surface area contributed by atoms with E-state index in [-0.39, 0.29) is 12.0 Å². The van der Waals surface area contributed by atoms with Crippen molar-refractivity contribution >= 4 is 5.97 Å². The Balaban J connectivity index is 3.68. The third-order valence-corrected chi connectivity index (χ3v) is 2.90. The molecule has 0 saturated heterocycles. The number of hydrogen-bond acceptors (Lipinski definition) is 4. The molecule has 0 fully saturated rings. The lowest BCUT2D eigenvalue weighted by molar-refractivity contribution is -0.145. The molecule has 0 spiro atoms. The van der Waals surface area contributed by atoms with Crippen LogP contribution in [-0.2, 0) is 9.53 Å². The second-order valence-electron chi connectivity index (χ2n) is 4.17. The van der Waals surface area contributed by atoms with Crippen LogP contribution < -0.4 is 5.32 Å². The first-order valence-corrected chi connectivity index (χ1v) is 6.13. The number of carbonyl (C=O) groups excluding carboxylic acids is 1. The highest BCUT2D eigenvalue weighted by atomic mass is 16.5. The fourth-order valence-corrected chi connectivity index (χ4v) is 1.34. The molecule has 0 saturated carbocycles. The molecule has 0 aliphatic rings. The van der Waals surface area contributed by atoms with E-state index in [2.05, 4.69) is 31.1 Å². The van der Waals surface area contributed by atoms with Crippen LogP contribution in [-0.4, -0.2) is 49.7 Å². The molecule has 0 heterocycles. The molecule has 0 amide bonds. The van der Waals surface area contributed by atoms with Crippen molar-refractivity contribution in [3.63, 3.8) is 0 Å². The van der Waals surface area contributed by atoms with Crippen molar-refractivity contribution in [1.82, 2.24) is 10.2 Å². The van der Waals surface area contributed by atoms with Gasteiger partial charge in [0.2, 0.25) is 0 Å². The summed E-state index contributed by atoms with van der Waals surface area (Å²) in [4.78, 5) is 13.6. The fourth-order valence-electron chi connectivity index (χ4n) is 1.34. The lowest BCUT2D eigenvalue weighted by Gasteiger charge is -2.24. The van der Waals surface area contributed by atoms with Crippen molar-refractivity contribution < 1.29 is 9.53 Å². The molecule has 0 aliphatic heterocycles. The standard InChI is InChI=1S/C12H26N2O2/c1-6-10(3)14(5)9-8-13-11(4)12(15)16-7-2/h10-11,13H,6-9H2,1-5H3. The number of esters is 1. The Morgan fingerprint density at radius 1 is 1.38 bits per heavy atom. The van der Waals surface area contributed by atoms with Gasteiger partial charge in [-0.05, 0) is 34.2 Å². The van der Waals surface area contributed by atoms with E-state index in [0.717, 1.165) is 19.5 Å². The minimum absolute atomic E-state index is 0.173. The molecule has 0 aromatic carbocycles. The maximum absolute atomic E-state index is 11.3. The Kier molecular flexibility index (Phi) is 8.21. The number of ether oxygens (including phenoxy) is 1. The van der Waals surface area contributed by atoms with Crippen LogP contribution in [0.5, 0.6) is 0 Å². The van der Waals surface area contributed by atoms with E-state index in [1.165, 1.54) is 0 Å². The number of rotatable bonds is 8. The van der Waals surface area contributed by atoms with E-state index in [0.29, 0.717) is 12.6 Å². The SMILES string of the molecule is CCOC(=O)C(C)NCCN(C)C(C)CC. The fraction of sp³-hybridized carbons (Fsp3) is 0.917. The van der Waals surface area contributed by atoms with Crippen molar-refractivity contribution in [1.29, 1.82) is 0 Å². The smallest absolute Gasteiger partial charge is 0.322 e. The molecule has 2 unspecified atom stereocenters. The topological polar surface area (TPSA) is 41.6 Å². The highest BCUT2D eigenvalue weighted by Crippen LogP contribution is 1.98. The Morgan fingerprint density at radius 2 is 2.00 bits per heavy atom. The Hall–Kier alpha value is -0.610. The second-order valence-corrected chi connectivity index (χ2v) is 4.17. The van der Waals surface area contributed by atoms with Crippen molar-refractivity contribution in [2.45, 2.75) is 46.2 Å². The molecule has 0 aromatic heterocycles. The summed E-state index contributed by atoms with van der Waals surface area (Å²) in [5.74, 6) is -0.173. The summed E-state index contributed by atoms with van der Waals surface area (Å²) in [5, 5.41) is 3.16. The number of hydrogen-bond donors (Lipinski definition) is 1. The zero-order valence-electron chi connectivity index (χ0n) is 11.2. The van der Waals surface area contributed by atoms with Gasteiger partial charge in [0.1, 0.15) is 6.04 Å². The summed E-state index contributed by atoms with van der Waals surface area (Å²) in [7, 11) is 2.10.